The van der Waals surface area contributed by atoms with Gasteiger partial charge in [0.05, 0.1) is 5.92 Å². The minimum absolute atomic E-state index is 0.0685. The van der Waals surface area contributed by atoms with Crippen molar-refractivity contribution >= 4 is 11.6 Å². The zero-order valence-corrected chi connectivity index (χ0v) is 13.4. The Balaban J connectivity index is 2.14. The molecule has 1 aromatic carbocycles. The zero-order chi connectivity index (χ0) is 15.1. The summed E-state index contributed by atoms with van der Waals surface area (Å²) in [5.41, 5.74) is 4.57. The van der Waals surface area contributed by atoms with Gasteiger partial charge in [-0.1, -0.05) is 37.6 Å². The van der Waals surface area contributed by atoms with Gasteiger partial charge in [0.15, 0.2) is 0 Å². The van der Waals surface area contributed by atoms with Crippen molar-refractivity contribution in [3.05, 3.63) is 41.0 Å². The Morgan fingerprint density at radius 2 is 1.90 bits per heavy atom. The second-order valence-electron chi connectivity index (χ2n) is 6.88. The van der Waals surface area contributed by atoms with Crippen LogP contribution in [0.25, 0.3) is 0 Å². The number of carbonyl (C=O) groups is 1. The lowest BCUT2D eigenvalue weighted by Crippen LogP contribution is -2.17. The van der Waals surface area contributed by atoms with E-state index in [4.69, 9.17) is 0 Å². The first-order valence-corrected chi connectivity index (χ1v) is 7.26. The van der Waals surface area contributed by atoms with E-state index in [-0.39, 0.29) is 17.2 Å². The maximum absolute atomic E-state index is 12.5. The quantitative estimate of drug-likeness (QED) is 0.807. The van der Waals surface area contributed by atoms with Crippen molar-refractivity contribution in [1.82, 2.24) is 0 Å². The van der Waals surface area contributed by atoms with Crippen molar-refractivity contribution in [2.24, 2.45) is 17.3 Å². The van der Waals surface area contributed by atoms with Gasteiger partial charge in [-0.15, -0.1) is 0 Å². The number of benzene rings is 1. The van der Waals surface area contributed by atoms with Crippen molar-refractivity contribution in [2.75, 3.05) is 5.32 Å². The number of hydrogen-bond acceptors (Lipinski definition) is 1. The van der Waals surface area contributed by atoms with Gasteiger partial charge < -0.3 is 5.32 Å². The molecule has 0 unspecified atom stereocenters. The van der Waals surface area contributed by atoms with Crippen LogP contribution in [0, 0.1) is 31.1 Å². The molecular formula is C18H25NO. The van der Waals surface area contributed by atoms with E-state index in [1.807, 2.05) is 19.9 Å². The molecule has 2 nitrogen and oxygen atoms in total. The number of rotatable bonds is 3. The van der Waals surface area contributed by atoms with Crippen LogP contribution in [-0.2, 0) is 4.79 Å². The average Bonchev–Trinajstić information content (AvgIpc) is 2.84. The lowest BCUT2D eigenvalue weighted by Gasteiger charge is -2.10. The molecule has 0 aromatic heterocycles. The lowest BCUT2D eigenvalue weighted by molar-refractivity contribution is -0.118. The van der Waals surface area contributed by atoms with Gasteiger partial charge in [0.2, 0.25) is 5.91 Å². The highest BCUT2D eigenvalue weighted by Gasteiger charge is 2.60. The molecule has 20 heavy (non-hydrogen) atoms. The van der Waals surface area contributed by atoms with Gasteiger partial charge in [0, 0.05) is 5.69 Å². The minimum atomic E-state index is 0.0685. The standard InChI is InChI=1S/C18H25NO/c1-11(2)9-14-16(18(14,5)6)17(20)19-15-10-12(3)7-8-13(15)4/h7-10,14,16H,1-6H3,(H,19,20)/t14-,16-/m0/s1. The summed E-state index contributed by atoms with van der Waals surface area (Å²) < 4.78 is 0. The third-order valence-electron chi connectivity index (χ3n) is 4.36. The second-order valence-corrected chi connectivity index (χ2v) is 6.88. The molecule has 0 saturated heterocycles. The number of hydrogen-bond donors (Lipinski definition) is 1. The van der Waals surface area contributed by atoms with Gasteiger partial charge >= 0.3 is 0 Å². The van der Waals surface area contributed by atoms with Crippen molar-refractivity contribution in [3.63, 3.8) is 0 Å². The number of anilines is 1. The molecule has 0 aliphatic heterocycles. The van der Waals surface area contributed by atoms with E-state index < -0.39 is 0 Å². The fourth-order valence-corrected chi connectivity index (χ4v) is 2.93. The van der Waals surface area contributed by atoms with Gasteiger partial charge in [0.1, 0.15) is 0 Å². The molecule has 108 valence electrons. The SMILES string of the molecule is CC(C)=C[C@H]1[C@@H](C(=O)Nc2cc(C)ccc2C)C1(C)C. The molecule has 1 amide bonds. The topological polar surface area (TPSA) is 29.1 Å². The molecule has 1 aromatic rings. The van der Waals surface area contributed by atoms with Gasteiger partial charge in [-0.2, -0.15) is 0 Å². The molecule has 0 heterocycles. The molecule has 2 atom stereocenters. The lowest BCUT2D eigenvalue weighted by atomic mass is 10.1. The minimum Gasteiger partial charge on any atom is -0.326 e. The molecule has 1 aliphatic rings. The monoisotopic (exact) mass is 271 g/mol. The Bertz CT molecular complexity index is 565. The normalized spacial score (nSPS) is 23.1. The molecule has 1 fully saturated rings. The summed E-state index contributed by atoms with van der Waals surface area (Å²) in [6, 6.07) is 6.16. The van der Waals surface area contributed by atoms with Crippen molar-refractivity contribution in [3.8, 4) is 0 Å². The maximum atomic E-state index is 12.5. The van der Waals surface area contributed by atoms with E-state index in [1.54, 1.807) is 0 Å². The first-order valence-electron chi connectivity index (χ1n) is 7.26. The number of carbonyl (C=O) groups excluding carboxylic acids is 1. The predicted molar refractivity (Wildman–Crippen MR) is 84.7 cm³/mol. The molecule has 0 bridgehead atoms. The molecule has 1 aliphatic carbocycles. The van der Waals surface area contributed by atoms with Crippen LogP contribution in [0.5, 0.6) is 0 Å². The second kappa shape index (κ2) is 5.08. The maximum Gasteiger partial charge on any atom is 0.228 e. The molecule has 1 saturated carbocycles. The van der Waals surface area contributed by atoms with Crippen LogP contribution in [0.15, 0.2) is 29.8 Å². The van der Waals surface area contributed by atoms with Gasteiger partial charge in [-0.25, -0.2) is 0 Å². The summed E-state index contributed by atoms with van der Waals surface area (Å²) in [6.45, 7) is 12.6. The summed E-state index contributed by atoms with van der Waals surface area (Å²) in [7, 11) is 0. The van der Waals surface area contributed by atoms with Gasteiger partial charge in [-0.3, -0.25) is 4.79 Å². The number of amides is 1. The fourth-order valence-electron chi connectivity index (χ4n) is 2.93. The summed E-state index contributed by atoms with van der Waals surface area (Å²) >= 11 is 0. The first-order chi connectivity index (χ1) is 9.23. The van der Waals surface area contributed by atoms with Crippen molar-refractivity contribution in [1.29, 1.82) is 0 Å². The predicted octanol–water partition coefficient (Wildman–Crippen LogP) is 4.48. The highest BCUT2D eigenvalue weighted by atomic mass is 16.2. The smallest absolute Gasteiger partial charge is 0.228 e. The first kappa shape index (κ1) is 14.8. The largest absolute Gasteiger partial charge is 0.326 e. The van der Waals surface area contributed by atoms with Crippen LogP contribution in [0.2, 0.25) is 0 Å². The van der Waals surface area contributed by atoms with E-state index in [9.17, 15) is 4.79 Å². The van der Waals surface area contributed by atoms with Crippen LogP contribution < -0.4 is 5.32 Å². The zero-order valence-electron chi connectivity index (χ0n) is 13.4. The third kappa shape index (κ3) is 2.79. The van der Waals surface area contributed by atoms with E-state index in [2.05, 4.69) is 51.2 Å². The van der Waals surface area contributed by atoms with E-state index in [0.717, 1.165) is 11.3 Å². The number of nitrogens with one attached hydrogen (secondary N) is 1. The summed E-state index contributed by atoms with van der Waals surface area (Å²) in [4.78, 5) is 12.5. The van der Waals surface area contributed by atoms with E-state index in [1.165, 1.54) is 11.1 Å². The number of allylic oxidation sites excluding steroid dienone is 2. The average molecular weight is 271 g/mol. The summed E-state index contributed by atoms with van der Waals surface area (Å²) in [5.74, 6) is 0.584. The Morgan fingerprint density at radius 3 is 2.50 bits per heavy atom. The fraction of sp³-hybridized carbons (Fsp3) is 0.500. The van der Waals surface area contributed by atoms with E-state index in [0.29, 0.717) is 5.92 Å². The van der Waals surface area contributed by atoms with Crippen molar-refractivity contribution < 1.29 is 4.79 Å². The van der Waals surface area contributed by atoms with Crippen molar-refractivity contribution in [2.45, 2.75) is 41.5 Å². The van der Waals surface area contributed by atoms with Gasteiger partial charge in [-0.05, 0) is 56.2 Å². The Morgan fingerprint density at radius 1 is 1.25 bits per heavy atom. The highest BCUT2D eigenvalue weighted by molar-refractivity contribution is 5.96. The Labute approximate surface area is 122 Å². The van der Waals surface area contributed by atoms with Gasteiger partial charge in [0.25, 0.3) is 0 Å². The molecular weight excluding hydrogens is 246 g/mol. The third-order valence-corrected chi connectivity index (χ3v) is 4.36. The molecule has 0 radical (unpaired) electrons. The van der Waals surface area contributed by atoms with E-state index >= 15 is 0 Å². The molecule has 0 spiro atoms. The van der Waals surface area contributed by atoms with Crippen LogP contribution in [0.4, 0.5) is 5.69 Å². The van der Waals surface area contributed by atoms with Crippen LogP contribution in [0.1, 0.15) is 38.8 Å². The summed E-state index contributed by atoms with van der Waals surface area (Å²) in [5, 5.41) is 3.10. The highest BCUT2D eigenvalue weighted by Crippen LogP contribution is 2.59. The number of aryl methyl sites for hydroxylation is 2. The molecule has 2 heteroatoms. The molecule has 2 rings (SSSR count). The summed E-state index contributed by atoms with van der Waals surface area (Å²) in [6.07, 6.45) is 2.23. The van der Waals surface area contributed by atoms with Crippen LogP contribution >= 0.6 is 0 Å². The van der Waals surface area contributed by atoms with Crippen LogP contribution in [-0.4, -0.2) is 5.91 Å². The Kier molecular flexibility index (Phi) is 3.77. The molecule has 1 N–H and O–H groups in total. The van der Waals surface area contributed by atoms with Crippen LogP contribution in [0.3, 0.4) is 0 Å². The Hall–Kier alpha value is -1.57.